The highest BCUT2D eigenvalue weighted by atomic mass is 32.1. The Balaban J connectivity index is 1.50. The molecule has 5 nitrogen and oxygen atoms in total. The van der Waals surface area contributed by atoms with Gasteiger partial charge in [-0.2, -0.15) is 16.4 Å². The number of nitrogens with one attached hydrogen (secondary N) is 1. The van der Waals surface area contributed by atoms with Gasteiger partial charge in [-0.3, -0.25) is 9.48 Å². The van der Waals surface area contributed by atoms with Crippen molar-refractivity contribution < 1.29 is 4.79 Å². The Morgan fingerprint density at radius 2 is 2.25 bits per heavy atom. The molecule has 2 aliphatic rings. The van der Waals surface area contributed by atoms with Crippen LogP contribution in [0.2, 0.25) is 0 Å². The van der Waals surface area contributed by atoms with Gasteiger partial charge in [0, 0.05) is 44.0 Å². The predicted molar refractivity (Wildman–Crippen MR) is 95.3 cm³/mol. The maximum absolute atomic E-state index is 12.8. The van der Waals surface area contributed by atoms with Crippen molar-refractivity contribution >= 4 is 17.2 Å². The minimum atomic E-state index is 0.128. The lowest BCUT2D eigenvalue weighted by molar-refractivity contribution is 0.0785. The Bertz CT molecular complexity index is 716. The van der Waals surface area contributed by atoms with Crippen LogP contribution < -0.4 is 5.32 Å². The number of hydrogen-bond acceptors (Lipinski definition) is 4. The van der Waals surface area contributed by atoms with Crippen molar-refractivity contribution in [2.75, 3.05) is 13.1 Å². The molecule has 0 spiro atoms. The van der Waals surface area contributed by atoms with E-state index in [4.69, 9.17) is 0 Å². The van der Waals surface area contributed by atoms with Crippen molar-refractivity contribution in [2.45, 2.75) is 44.7 Å². The lowest BCUT2D eigenvalue weighted by atomic mass is 9.91. The van der Waals surface area contributed by atoms with E-state index in [1.54, 1.807) is 11.3 Å². The molecule has 4 rings (SSSR count). The zero-order valence-corrected chi connectivity index (χ0v) is 14.9. The number of nitrogens with zero attached hydrogens (tertiary/aromatic N) is 3. The van der Waals surface area contributed by atoms with Gasteiger partial charge in [0.1, 0.15) is 0 Å². The van der Waals surface area contributed by atoms with E-state index in [0.717, 1.165) is 51.7 Å². The fourth-order valence-corrected chi connectivity index (χ4v) is 4.53. The molecule has 24 heavy (non-hydrogen) atoms. The molecular formula is C18H24N4OS. The zero-order chi connectivity index (χ0) is 16.5. The van der Waals surface area contributed by atoms with E-state index in [9.17, 15) is 4.79 Å². The smallest absolute Gasteiger partial charge is 0.274 e. The van der Waals surface area contributed by atoms with Gasteiger partial charge in [-0.1, -0.05) is 0 Å². The zero-order valence-electron chi connectivity index (χ0n) is 14.1. The summed E-state index contributed by atoms with van der Waals surface area (Å²) >= 11 is 1.74. The average molecular weight is 344 g/mol. The summed E-state index contributed by atoms with van der Waals surface area (Å²) in [6.45, 7) is 2.66. The number of thiophene rings is 1. The van der Waals surface area contributed by atoms with Crippen molar-refractivity contribution in [1.29, 1.82) is 0 Å². The first-order valence-electron chi connectivity index (χ1n) is 8.81. The number of hydrogen-bond donors (Lipinski definition) is 1. The number of aromatic nitrogens is 2. The largest absolute Gasteiger partial charge is 0.337 e. The second-order valence-electron chi connectivity index (χ2n) is 6.85. The Labute approximate surface area is 146 Å². The van der Waals surface area contributed by atoms with Gasteiger partial charge in [-0.25, -0.2) is 0 Å². The second kappa shape index (κ2) is 6.69. The predicted octanol–water partition coefficient (Wildman–Crippen LogP) is 2.36. The molecule has 0 aromatic carbocycles. The molecule has 1 aliphatic carbocycles. The fraction of sp³-hybridized carbons (Fsp3) is 0.556. The van der Waals surface area contributed by atoms with Crippen molar-refractivity contribution in [3.8, 4) is 0 Å². The summed E-state index contributed by atoms with van der Waals surface area (Å²) in [5.41, 5.74) is 4.44. The van der Waals surface area contributed by atoms with Gasteiger partial charge in [-0.05, 0) is 54.5 Å². The molecule has 6 heteroatoms. The molecular weight excluding hydrogens is 320 g/mol. The first-order chi connectivity index (χ1) is 11.7. The van der Waals surface area contributed by atoms with Crippen LogP contribution >= 0.6 is 11.3 Å². The topological polar surface area (TPSA) is 50.2 Å². The van der Waals surface area contributed by atoms with Crippen LogP contribution in [0.3, 0.4) is 0 Å². The highest BCUT2D eigenvalue weighted by Crippen LogP contribution is 2.26. The van der Waals surface area contributed by atoms with Crippen LogP contribution in [0.25, 0.3) is 0 Å². The van der Waals surface area contributed by atoms with Gasteiger partial charge >= 0.3 is 0 Å². The van der Waals surface area contributed by atoms with Crippen LogP contribution in [0.5, 0.6) is 0 Å². The summed E-state index contributed by atoms with van der Waals surface area (Å²) in [6, 6.07) is 2.59. The molecule has 2 aromatic heterocycles. The number of likely N-dealkylation sites (tertiary alicyclic amines) is 1. The maximum Gasteiger partial charge on any atom is 0.274 e. The number of fused-ring (bicyclic) bond motifs is 1. The third-order valence-corrected chi connectivity index (χ3v) is 5.96. The summed E-state index contributed by atoms with van der Waals surface area (Å²) in [4.78, 5) is 14.8. The van der Waals surface area contributed by atoms with Gasteiger partial charge in [0.15, 0.2) is 5.69 Å². The van der Waals surface area contributed by atoms with Crippen molar-refractivity contribution in [3.05, 3.63) is 39.3 Å². The van der Waals surface area contributed by atoms with E-state index >= 15 is 0 Å². The Morgan fingerprint density at radius 3 is 3.00 bits per heavy atom. The van der Waals surface area contributed by atoms with Crippen molar-refractivity contribution in [1.82, 2.24) is 20.0 Å². The first-order valence-corrected chi connectivity index (χ1v) is 9.75. The third-order valence-electron chi connectivity index (χ3n) is 5.23. The molecule has 128 valence electrons. The minimum absolute atomic E-state index is 0.128. The summed E-state index contributed by atoms with van der Waals surface area (Å²) in [6.07, 6.45) is 5.24. The summed E-state index contributed by atoms with van der Waals surface area (Å²) in [5, 5.41) is 12.5. The Morgan fingerprint density at radius 1 is 1.42 bits per heavy atom. The highest BCUT2D eigenvalue weighted by Gasteiger charge is 2.31. The van der Waals surface area contributed by atoms with Crippen LogP contribution in [0.15, 0.2) is 16.8 Å². The molecule has 3 heterocycles. The Kier molecular flexibility index (Phi) is 4.41. The minimum Gasteiger partial charge on any atom is -0.337 e. The van der Waals surface area contributed by atoms with Crippen molar-refractivity contribution in [2.24, 2.45) is 7.05 Å². The lowest BCUT2D eigenvalue weighted by Gasteiger charge is -2.24. The first kappa shape index (κ1) is 15.8. The SMILES string of the molecule is Cn1nc(C(=O)N2CCCC2)c2c1CCC(NCc1ccsc1)C2. The van der Waals surface area contributed by atoms with E-state index in [-0.39, 0.29) is 5.91 Å². The lowest BCUT2D eigenvalue weighted by Crippen LogP contribution is -2.35. The van der Waals surface area contributed by atoms with Gasteiger partial charge in [0.05, 0.1) is 0 Å². The van der Waals surface area contributed by atoms with Crippen molar-refractivity contribution in [3.63, 3.8) is 0 Å². The number of carbonyl (C=O) groups excluding carboxylic acids is 1. The normalized spacial score (nSPS) is 20.4. The van der Waals surface area contributed by atoms with Crippen LogP contribution in [-0.2, 0) is 26.4 Å². The molecule has 0 radical (unpaired) electrons. The van der Waals surface area contributed by atoms with E-state index in [1.807, 2.05) is 16.6 Å². The molecule has 0 bridgehead atoms. The molecule has 1 amide bonds. The number of rotatable bonds is 4. The fourth-order valence-electron chi connectivity index (χ4n) is 3.86. The molecule has 1 N–H and O–H groups in total. The van der Waals surface area contributed by atoms with E-state index in [1.165, 1.54) is 16.8 Å². The van der Waals surface area contributed by atoms with E-state index < -0.39 is 0 Å². The quantitative estimate of drug-likeness (QED) is 0.926. The molecule has 0 saturated carbocycles. The number of amides is 1. The Hall–Kier alpha value is -1.66. The van der Waals surface area contributed by atoms with Gasteiger partial charge in [0.25, 0.3) is 5.91 Å². The summed E-state index contributed by atoms with van der Waals surface area (Å²) in [5.74, 6) is 0.128. The van der Waals surface area contributed by atoms with Crippen LogP contribution in [0, 0.1) is 0 Å². The molecule has 1 saturated heterocycles. The number of carbonyl (C=O) groups is 1. The highest BCUT2D eigenvalue weighted by molar-refractivity contribution is 7.07. The van der Waals surface area contributed by atoms with Crippen LogP contribution in [0.1, 0.15) is 46.6 Å². The van der Waals surface area contributed by atoms with Gasteiger partial charge in [0.2, 0.25) is 0 Å². The van der Waals surface area contributed by atoms with Gasteiger partial charge < -0.3 is 10.2 Å². The number of aryl methyl sites for hydroxylation is 1. The van der Waals surface area contributed by atoms with Gasteiger partial charge in [-0.15, -0.1) is 0 Å². The van der Waals surface area contributed by atoms with E-state index in [2.05, 4.69) is 27.2 Å². The molecule has 1 fully saturated rings. The van der Waals surface area contributed by atoms with Crippen LogP contribution in [0.4, 0.5) is 0 Å². The molecule has 1 atom stereocenters. The molecule has 1 aliphatic heterocycles. The van der Waals surface area contributed by atoms with Crippen LogP contribution in [-0.4, -0.2) is 39.7 Å². The third kappa shape index (κ3) is 3.00. The standard InChI is InChI=1S/C18H24N4OS/c1-21-16-5-4-14(19-11-13-6-9-24-12-13)10-15(16)17(20-21)18(23)22-7-2-3-8-22/h6,9,12,14,19H,2-5,7-8,10-11H2,1H3. The average Bonchev–Trinajstić information content (AvgIpc) is 3.34. The summed E-state index contributed by atoms with van der Waals surface area (Å²) in [7, 11) is 1.97. The summed E-state index contributed by atoms with van der Waals surface area (Å²) < 4.78 is 1.92. The second-order valence-corrected chi connectivity index (χ2v) is 7.63. The molecule has 1 unspecified atom stereocenters. The molecule has 2 aromatic rings. The maximum atomic E-state index is 12.8. The van der Waals surface area contributed by atoms with E-state index in [0.29, 0.717) is 11.7 Å². The monoisotopic (exact) mass is 344 g/mol.